The lowest BCUT2D eigenvalue weighted by molar-refractivity contribution is -0.122. The average Bonchev–Trinajstić information content (AvgIpc) is 3.60. The number of aromatic nitrogens is 5. The molecule has 14 nitrogen and oxygen atoms in total. The Balaban J connectivity index is 1.02. The average molecular weight is 539 g/mol. The van der Waals surface area contributed by atoms with Crippen molar-refractivity contribution in [1.29, 1.82) is 0 Å². The Labute approximate surface area is 222 Å². The first kappa shape index (κ1) is 26.3. The predicted octanol–water partition coefficient (Wildman–Crippen LogP) is 0.920. The van der Waals surface area contributed by atoms with Gasteiger partial charge >= 0.3 is 0 Å². The fourth-order valence-corrected chi connectivity index (χ4v) is 4.70. The van der Waals surface area contributed by atoms with E-state index < -0.39 is 24.5 Å². The van der Waals surface area contributed by atoms with E-state index in [0.717, 1.165) is 5.39 Å². The molecule has 4 heterocycles. The number of aromatic amines is 1. The third-order valence-electron chi connectivity index (χ3n) is 6.80. The molecule has 4 aromatic rings. The Hall–Kier alpha value is -4.27. The number of hydrogen-bond acceptors (Lipinski definition) is 10. The number of aliphatic hydroxyl groups is 2. The molecule has 1 saturated heterocycles. The number of aliphatic hydroxyl groups excluding tert-OH is 2. The van der Waals surface area contributed by atoms with E-state index in [4.69, 9.17) is 10.5 Å². The lowest BCUT2D eigenvalue weighted by Crippen LogP contribution is -2.39. The number of fused-ring (bicyclic) bond motifs is 2. The smallest absolute Gasteiger partial charge is 0.224 e. The van der Waals surface area contributed by atoms with Crippen LogP contribution in [0.5, 0.6) is 5.88 Å². The molecular weight excluding hydrogens is 508 g/mol. The molecule has 1 fully saturated rings. The van der Waals surface area contributed by atoms with Crippen molar-refractivity contribution in [3.8, 4) is 5.88 Å². The maximum absolute atomic E-state index is 12.3. The molecule has 0 radical (unpaired) electrons. The minimum atomic E-state index is -1.26. The zero-order valence-corrected chi connectivity index (χ0v) is 20.9. The first-order valence-corrected chi connectivity index (χ1v) is 12.6. The molecular formula is C25H30N8O6. The second-order valence-corrected chi connectivity index (χ2v) is 9.45. The van der Waals surface area contributed by atoms with Crippen LogP contribution in [0.2, 0.25) is 0 Å². The number of nitrogens with two attached hydrogens (primary N) is 1. The summed E-state index contributed by atoms with van der Waals surface area (Å²) in [6.07, 6.45) is 2.46. The number of unbranched alkanes of at least 4 members (excludes halogenated alkanes) is 2. The number of benzene rings is 1. The molecule has 1 aliphatic rings. The van der Waals surface area contributed by atoms with Crippen LogP contribution in [0.25, 0.3) is 21.9 Å². The number of carbonyl (C=O) groups is 2. The summed E-state index contributed by atoms with van der Waals surface area (Å²) in [6.45, 7) is 0.0139. The Morgan fingerprint density at radius 3 is 2.67 bits per heavy atom. The summed E-state index contributed by atoms with van der Waals surface area (Å²) in [4.78, 5) is 39.5. The molecule has 14 heteroatoms. The van der Waals surface area contributed by atoms with Crippen LogP contribution in [0, 0.1) is 0 Å². The lowest BCUT2D eigenvalue weighted by Gasteiger charge is -2.16. The number of anilines is 2. The molecule has 39 heavy (non-hydrogen) atoms. The molecule has 1 aliphatic heterocycles. The summed E-state index contributed by atoms with van der Waals surface area (Å²) in [6, 6.07) is 5.28. The van der Waals surface area contributed by atoms with Gasteiger partial charge in [0.05, 0.1) is 12.0 Å². The zero-order valence-electron chi connectivity index (χ0n) is 20.9. The van der Waals surface area contributed by atoms with E-state index in [1.165, 1.54) is 17.2 Å². The SMILES string of the molecule is Nc1ncnc2c1ncn2C1OC(CNC(=O)CCCCCC(=O)Nc2cccc3c(O)[nH]cc23)C(O)C1O. The Kier molecular flexibility index (Phi) is 7.58. The number of nitrogen functional groups attached to an aromatic ring is 1. The molecule has 3 aromatic heterocycles. The number of H-pyrrole nitrogens is 1. The fourth-order valence-electron chi connectivity index (χ4n) is 4.70. The molecule has 2 amide bonds. The zero-order chi connectivity index (χ0) is 27.5. The highest BCUT2D eigenvalue weighted by molar-refractivity contribution is 6.03. The summed E-state index contributed by atoms with van der Waals surface area (Å²) < 4.78 is 7.30. The maximum Gasteiger partial charge on any atom is 0.224 e. The van der Waals surface area contributed by atoms with Crippen LogP contribution in [0.3, 0.4) is 0 Å². The Morgan fingerprint density at radius 2 is 1.85 bits per heavy atom. The largest absolute Gasteiger partial charge is 0.494 e. The van der Waals surface area contributed by atoms with Crippen molar-refractivity contribution in [2.24, 2.45) is 0 Å². The van der Waals surface area contributed by atoms with Gasteiger partial charge < -0.3 is 41.4 Å². The highest BCUT2D eigenvalue weighted by Crippen LogP contribution is 2.32. The van der Waals surface area contributed by atoms with Crippen molar-refractivity contribution in [1.82, 2.24) is 29.8 Å². The number of hydrogen-bond donors (Lipinski definition) is 7. The second-order valence-electron chi connectivity index (χ2n) is 9.45. The van der Waals surface area contributed by atoms with E-state index in [1.54, 1.807) is 24.4 Å². The molecule has 8 N–H and O–H groups in total. The maximum atomic E-state index is 12.3. The van der Waals surface area contributed by atoms with Gasteiger partial charge in [0.15, 0.2) is 23.6 Å². The van der Waals surface area contributed by atoms with Crippen molar-refractivity contribution in [3.63, 3.8) is 0 Å². The number of nitrogens with one attached hydrogen (secondary N) is 3. The van der Waals surface area contributed by atoms with E-state index in [9.17, 15) is 24.9 Å². The highest BCUT2D eigenvalue weighted by atomic mass is 16.6. The summed E-state index contributed by atoms with van der Waals surface area (Å²) >= 11 is 0. The molecule has 0 spiro atoms. The topological polar surface area (TPSA) is 214 Å². The van der Waals surface area contributed by atoms with Crippen LogP contribution < -0.4 is 16.4 Å². The van der Waals surface area contributed by atoms with Gasteiger partial charge in [0, 0.05) is 36.4 Å². The van der Waals surface area contributed by atoms with Crippen molar-refractivity contribution in [2.45, 2.75) is 56.6 Å². The number of carbonyl (C=O) groups excluding carboxylic acids is 2. The predicted molar refractivity (Wildman–Crippen MR) is 140 cm³/mol. The van der Waals surface area contributed by atoms with Crippen molar-refractivity contribution < 1.29 is 29.6 Å². The summed E-state index contributed by atoms with van der Waals surface area (Å²) in [5.74, 6) is -0.128. The van der Waals surface area contributed by atoms with Gasteiger partial charge in [-0.3, -0.25) is 14.2 Å². The monoisotopic (exact) mass is 538 g/mol. The number of ether oxygens (including phenoxy) is 1. The summed E-state index contributed by atoms with van der Waals surface area (Å²) in [5.41, 5.74) is 7.14. The third kappa shape index (κ3) is 5.48. The van der Waals surface area contributed by atoms with Gasteiger partial charge in [-0.25, -0.2) is 15.0 Å². The Bertz CT molecular complexity index is 1490. The van der Waals surface area contributed by atoms with Gasteiger partial charge in [0.2, 0.25) is 11.8 Å². The number of aromatic hydroxyl groups is 1. The van der Waals surface area contributed by atoms with E-state index in [0.29, 0.717) is 47.9 Å². The van der Waals surface area contributed by atoms with Crippen LogP contribution >= 0.6 is 0 Å². The first-order chi connectivity index (χ1) is 18.8. The highest BCUT2D eigenvalue weighted by Gasteiger charge is 2.44. The Morgan fingerprint density at radius 1 is 1.05 bits per heavy atom. The van der Waals surface area contributed by atoms with Gasteiger partial charge in [0.25, 0.3) is 0 Å². The van der Waals surface area contributed by atoms with Crippen LogP contribution in [0.15, 0.2) is 37.1 Å². The van der Waals surface area contributed by atoms with Gasteiger partial charge in [-0.1, -0.05) is 12.5 Å². The molecule has 4 atom stereocenters. The fraction of sp³-hybridized carbons (Fsp3) is 0.400. The van der Waals surface area contributed by atoms with Gasteiger partial charge in [0.1, 0.15) is 30.2 Å². The lowest BCUT2D eigenvalue weighted by atomic mass is 10.1. The number of nitrogens with zero attached hydrogens (tertiary/aromatic N) is 4. The molecule has 5 rings (SSSR count). The van der Waals surface area contributed by atoms with Crippen LogP contribution in [-0.2, 0) is 14.3 Å². The number of amides is 2. The second kappa shape index (κ2) is 11.2. The minimum Gasteiger partial charge on any atom is -0.494 e. The number of imidazole rings is 1. The minimum absolute atomic E-state index is 0.0139. The van der Waals surface area contributed by atoms with Crippen LogP contribution in [-0.4, -0.2) is 76.5 Å². The summed E-state index contributed by atoms with van der Waals surface area (Å²) in [7, 11) is 0. The standard InChI is InChI=1S/C25H30N8O6/c26-22-19-23(30-11-29-22)33(12-31-19)25-21(37)20(36)16(39-25)10-27-17(34)7-2-1-3-8-18(35)32-15-6-4-5-13-14(15)9-28-24(13)38/h4-6,9,11-12,16,20-21,25,28,36-38H,1-3,7-8,10H2,(H,27,34)(H,32,35)(H2,26,29,30). The van der Waals surface area contributed by atoms with Gasteiger partial charge in [-0.2, -0.15) is 0 Å². The number of rotatable bonds is 10. The molecule has 1 aromatic carbocycles. The third-order valence-corrected chi connectivity index (χ3v) is 6.80. The van der Waals surface area contributed by atoms with Crippen LogP contribution in [0.4, 0.5) is 11.5 Å². The van der Waals surface area contributed by atoms with Crippen molar-refractivity contribution >= 4 is 45.3 Å². The van der Waals surface area contributed by atoms with E-state index in [-0.39, 0.29) is 36.5 Å². The van der Waals surface area contributed by atoms with E-state index in [1.807, 2.05) is 0 Å². The van der Waals surface area contributed by atoms with E-state index >= 15 is 0 Å². The molecule has 0 saturated carbocycles. The van der Waals surface area contributed by atoms with Gasteiger partial charge in [-0.05, 0) is 25.0 Å². The quantitative estimate of drug-likeness (QED) is 0.142. The van der Waals surface area contributed by atoms with Crippen LogP contribution in [0.1, 0.15) is 38.3 Å². The van der Waals surface area contributed by atoms with Gasteiger partial charge in [-0.15, -0.1) is 0 Å². The normalized spacial score (nSPS) is 21.0. The molecule has 0 aliphatic carbocycles. The molecule has 206 valence electrons. The van der Waals surface area contributed by atoms with Crippen molar-refractivity contribution in [2.75, 3.05) is 17.6 Å². The summed E-state index contributed by atoms with van der Waals surface area (Å²) in [5, 5.41) is 37.7. The van der Waals surface area contributed by atoms with E-state index in [2.05, 4.69) is 30.6 Å². The first-order valence-electron chi connectivity index (χ1n) is 12.6. The van der Waals surface area contributed by atoms with Crippen molar-refractivity contribution in [3.05, 3.63) is 37.1 Å². The molecule has 0 bridgehead atoms. The molecule has 4 unspecified atom stereocenters.